The zero-order valence-electron chi connectivity index (χ0n) is 9.16. The third kappa shape index (κ3) is 11.3. The van der Waals surface area contributed by atoms with Crippen LogP contribution in [0.1, 0.15) is 13.3 Å². The molecule has 0 radical (unpaired) electrons. The molecule has 0 aliphatic heterocycles. The van der Waals surface area contributed by atoms with E-state index in [0.29, 0.717) is 0 Å². The molecule has 5 N–H and O–H groups in total. The number of carbonyl (C=O) groups is 1. The molecule has 0 amide bonds. The first-order chi connectivity index (χ1) is 7.70. The molecule has 0 aliphatic rings. The van der Waals surface area contributed by atoms with Crippen molar-refractivity contribution in [2.75, 3.05) is 11.5 Å². The van der Waals surface area contributed by atoms with E-state index in [0.717, 1.165) is 11.9 Å². The van der Waals surface area contributed by atoms with Crippen molar-refractivity contribution in [3.63, 3.8) is 0 Å². The van der Waals surface area contributed by atoms with Gasteiger partial charge in [-0.15, -0.1) is 0 Å². The molecule has 17 heavy (non-hydrogen) atoms. The van der Waals surface area contributed by atoms with Crippen LogP contribution in [0.4, 0.5) is 0 Å². The fourth-order valence-corrected chi connectivity index (χ4v) is 2.27. The van der Waals surface area contributed by atoms with Crippen molar-refractivity contribution in [3.05, 3.63) is 0 Å². The van der Waals surface area contributed by atoms with E-state index < -0.39 is 21.8 Å². The number of hydrogen-bond donors (Lipinski definition) is 4. The maximum Gasteiger partial charge on any atom is 0.305 e. The van der Waals surface area contributed by atoms with Crippen LogP contribution in [0.3, 0.4) is 0 Å². The van der Waals surface area contributed by atoms with Gasteiger partial charge in [0.15, 0.2) is 0 Å². The molecule has 0 bridgehead atoms. The number of hydrogen-bond acceptors (Lipinski definition) is 5. The van der Waals surface area contributed by atoms with Gasteiger partial charge in [-0.25, -0.2) is 0 Å². The second kappa shape index (κ2) is 7.35. The fraction of sp³-hybridized carbons (Fsp3) is 0.714. The lowest BCUT2D eigenvalue weighted by molar-refractivity contribution is -0.137. The summed E-state index contributed by atoms with van der Waals surface area (Å²) in [6, 6.07) is -0.376. The topological polar surface area (TPSA) is 142 Å². The lowest BCUT2D eigenvalue weighted by Crippen LogP contribution is -2.39. The first kappa shape index (κ1) is 16.0. The van der Waals surface area contributed by atoms with Crippen molar-refractivity contribution >= 4 is 34.0 Å². The van der Waals surface area contributed by atoms with Gasteiger partial charge < -0.3 is 16.2 Å². The Morgan fingerprint density at radius 1 is 1.59 bits per heavy atom. The summed E-state index contributed by atoms with van der Waals surface area (Å²) in [5.74, 6) is -1.30. The van der Waals surface area contributed by atoms with Crippen molar-refractivity contribution in [2.24, 2.45) is 10.1 Å². The standard InChI is InChI=1S/C7H15N3O5S2/c1-5(4-6(11)12)9-7(8)10-16-2-3-17(13,14)15/h5H,2-4H2,1H3,(H,11,12)(H3,8,9,10)(H,13,14,15). The summed E-state index contributed by atoms with van der Waals surface area (Å²) in [6.45, 7) is 1.62. The molecule has 0 fully saturated rings. The molecule has 100 valence electrons. The first-order valence-corrected chi connectivity index (χ1v) is 7.15. The molecule has 0 saturated heterocycles. The van der Waals surface area contributed by atoms with Crippen molar-refractivity contribution < 1.29 is 22.9 Å². The van der Waals surface area contributed by atoms with E-state index in [1.54, 1.807) is 6.92 Å². The second-order valence-corrected chi connectivity index (χ2v) is 5.66. The molecule has 0 rings (SSSR count). The predicted molar refractivity (Wildman–Crippen MR) is 65.3 cm³/mol. The molecule has 0 aromatic carbocycles. The first-order valence-electron chi connectivity index (χ1n) is 4.59. The second-order valence-electron chi connectivity index (χ2n) is 3.24. The normalized spacial score (nSPS) is 14.4. The van der Waals surface area contributed by atoms with E-state index in [4.69, 9.17) is 15.4 Å². The Morgan fingerprint density at radius 3 is 2.65 bits per heavy atom. The van der Waals surface area contributed by atoms with Crippen LogP contribution < -0.4 is 11.1 Å². The van der Waals surface area contributed by atoms with Gasteiger partial charge in [-0.1, -0.05) is 0 Å². The molecule has 1 unspecified atom stereocenters. The summed E-state index contributed by atoms with van der Waals surface area (Å²) in [7, 11) is -3.99. The van der Waals surface area contributed by atoms with E-state index in [1.165, 1.54) is 0 Å². The highest BCUT2D eigenvalue weighted by Gasteiger charge is 2.08. The van der Waals surface area contributed by atoms with E-state index in [9.17, 15) is 13.2 Å². The molecule has 0 heterocycles. The molecular formula is C7H15N3O5S2. The van der Waals surface area contributed by atoms with Gasteiger partial charge in [-0.3, -0.25) is 9.35 Å². The molecule has 0 saturated carbocycles. The molecule has 0 aromatic rings. The van der Waals surface area contributed by atoms with Crippen molar-refractivity contribution in [1.29, 1.82) is 0 Å². The average molecular weight is 285 g/mol. The van der Waals surface area contributed by atoms with E-state index >= 15 is 0 Å². The monoisotopic (exact) mass is 285 g/mol. The summed E-state index contributed by atoms with van der Waals surface area (Å²) in [6.07, 6.45) is -0.105. The number of carboxylic acid groups (broad SMARTS) is 1. The minimum atomic E-state index is -3.99. The Morgan fingerprint density at radius 2 is 2.18 bits per heavy atom. The van der Waals surface area contributed by atoms with Gasteiger partial charge in [0, 0.05) is 11.8 Å². The van der Waals surface area contributed by atoms with Crippen LogP contribution in [0.15, 0.2) is 4.40 Å². The van der Waals surface area contributed by atoms with Crippen LogP contribution >= 0.6 is 11.9 Å². The quantitative estimate of drug-likeness (QED) is 0.158. The molecule has 0 aliphatic carbocycles. The van der Waals surface area contributed by atoms with Gasteiger partial charge in [-0.2, -0.15) is 12.8 Å². The van der Waals surface area contributed by atoms with Gasteiger partial charge in [0.05, 0.1) is 12.2 Å². The lowest BCUT2D eigenvalue weighted by atomic mass is 10.2. The third-order valence-corrected chi connectivity index (χ3v) is 3.16. The number of rotatable bonds is 7. The highest BCUT2D eigenvalue weighted by atomic mass is 32.2. The lowest BCUT2D eigenvalue weighted by Gasteiger charge is -2.11. The van der Waals surface area contributed by atoms with Crippen LogP contribution in [-0.2, 0) is 14.9 Å². The van der Waals surface area contributed by atoms with E-state index in [2.05, 4.69) is 9.71 Å². The van der Waals surface area contributed by atoms with Crippen LogP contribution in [0.5, 0.6) is 0 Å². The molecule has 1 atom stereocenters. The summed E-state index contributed by atoms with van der Waals surface area (Å²) >= 11 is 0.863. The number of nitrogens with zero attached hydrogens (tertiary/aromatic N) is 1. The van der Waals surface area contributed by atoms with Crippen molar-refractivity contribution in [1.82, 2.24) is 5.32 Å². The number of nitrogens with one attached hydrogen (secondary N) is 1. The Bertz CT molecular complexity index is 381. The van der Waals surface area contributed by atoms with Gasteiger partial charge >= 0.3 is 5.97 Å². The van der Waals surface area contributed by atoms with Gasteiger partial charge in [-0.05, 0) is 18.9 Å². The zero-order valence-corrected chi connectivity index (χ0v) is 10.8. The van der Waals surface area contributed by atoms with E-state index in [1.807, 2.05) is 0 Å². The van der Waals surface area contributed by atoms with Gasteiger partial charge in [0.1, 0.15) is 0 Å². The van der Waals surface area contributed by atoms with Crippen molar-refractivity contribution in [3.8, 4) is 0 Å². The largest absolute Gasteiger partial charge is 0.481 e. The summed E-state index contributed by atoms with van der Waals surface area (Å²) in [5.41, 5.74) is 5.41. The summed E-state index contributed by atoms with van der Waals surface area (Å²) in [5, 5.41) is 11.1. The number of nitrogens with two attached hydrogens (primary N) is 1. The molecule has 8 nitrogen and oxygen atoms in total. The number of carboxylic acids is 1. The zero-order chi connectivity index (χ0) is 13.5. The fourth-order valence-electron chi connectivity index (χ4n) is 0.850. The predicted octanol–water partition coefficient (Wildman–Crippen LogP) is -0.710. The van der Waals surface area contributed by atoms with Gasteiger partial charge in [0.25, 0.3) is 10.1 Å². The summed E-state index contributed by atoms with van der Waals surface area (Å²) in [4.78, 5) is 10.3. The molecular weight excluding hydrogens is 270 g/mol. The molecule has 0 aromatic heterocycles. The summed E-state index contributed by atoms with van der Waals surface area (Å²) < 4.78 is 32.8. The van der Waals surface area contributed by atoms with Crippen LogP contribution in [-0.4, -0.2) is 47.6 Å². The number of guanidine groups is 1. The van der Waals surface area contributed by atoms with Crippen LogP contribution in [0.2, 0.25) is 0 Å². The van der Waals surface area contributed by atoms with E-state index in [-0.39, 0.29) is 24.2 Å². The highest BCUT2D eigenvalue weighted by molar-refractivity contribution is 7.99. The Kier molecular flexibility index (Phi) is 6.92. The maximum atomic E-state index is 10.4. The van der Waals surface area contributed by atoms with Crippen LogP contribution in [0.25, 0.3) is 0 Å². The van der Waals surface area contributed by atoms with Gasteiger partial charge in [0.2, 0.25) is 5.96 Å². The van der Waals surface area contributed by atoms with Crippen molar-refractivity contribution in [2.45, 2.75) is 19.4 Å². The third-order valence-electron chi connectivity index (χ3n) is 1.47. The number of aliphatic carboxylic acids is 1. The Labute approximate surface area is 104 Å². The minimum Gasteiger partial charge on any atom is -0.481 e. The maximum absolute atomic E-state index is 10.4. The molecule has 0 spiro atoms. The highest BCUT2D eigenvalue weighted by Crippen LogP contribution is 2.02. The molecule has 10 heteroatoms. The smallest absolute Gasteiger partial charge is 0.305 e. The van der Waals surface area contributed by atoms with Crippen LogP contribution in [0, 0.1) is 0 Å². The minimum absolute atomic E-state index is 0.0130. The average Bonchev–Trinajstić information content (AvgIpc) is 2.09. The Hall–Kier alpha value is -1.00. The Balaban J connectivity index is 3.90. The SMILES string of the molecule is CC(CC(=O)O)NC(N)=NSCCS(=O)(=O)O.